The highest BCUT2D eigenvalue weighted by Gasteiger charge is 2.55. The Hall–Kier alpha value is -2.99. The molecule has 0 unspecified atom stereocenters. The van der Waals surface area contributed by atoms with Crippen LogP contribution in [0.3, 0.4) is 0 Å². The number of halogens is 1. The van der Waals surface area contributed by atoms with Crippen LogP contribution >= 0.6 is 11.6 Å². The van der Waals surface area contributed by atoms with Gasteiger partial charge in [-0.3, -0.25) is 24.2 Å². The second-order valence-electron chi connectivity index (χ2n) is 11.1. The largest absolute Gasteiger partial charge is 0.334 e. The van der Waals surface area contributed by atoms with Gasteiger partial charge in [0.15, 0.2) is 5.78 Å². The third kappa shape index (κ3) is 5.48. The molecule has 1 atom stereocenters. The number of hydrogen-bond donors (Lipinski definition) is 0. The molecule has 2 aromatic rings. The number of carbonyl (C=O) groups excluding carboxylic acids is 4. The van der Waals surface area contributed by atoms with Crippen LogP contribution in [0.1, 0.15) is 75.4 Å². The molecule has 0 aliphatic carbocycles. The summed E-state index contributed by atoms with van der Waals surface area (Å²) in [5, 5.41) is 0.501. The van der Waals surface area contributed by atoms with Gasteiger partial charge in [0.05, 0.1) is 0 Å². The van der Waals surface area contributed by atoms with E-state index in [2.05, 4.69) is 0 Å². The van der Waals surface area contributed by atoms with Crippen LogP contribution in [0.4, 0.5) is 4.79 Å². The predicted octanol–water partition coefficient (Wildman–Crippen LogP) is 6.01. The zero-order valence-corrected chi connectivity index (χ0v) is 22.1. The Morgan fingerprint density at radius 3 is 1.71 bits per heavy atom. The third-order valence-corrected chi connectivity index (χ3v) is 6.43. The van der Waals surface area contributed by atoms with E-state index in [0.29, 0.717) is 16.1 Å². The SMILES string of the molecule is Cc1ccc(C(=O)C[C@H](c2ccc(Cl)cc2)C2C(=O)N(C(C)(C)C)C(=O)N(C(C)(C)C)C2=O)cc1. The minimum atomic E-state index is -1.23. The summed E-state index contributed by atoms with van der Waals surface area (Å²) in [5.74, 6) is -3.38. The highest BCUT2D eigenvalue weighted by molar-refractivity contribution is 6.30. The number of hydrogen-bond acceptors (Lipinski definition) is 4. The van der Waals surface area contributed by atoms with Gasteiger partial charge in [0.25, 0.3) is 0 Å². The molecule has 0 N–H and O–H groups in total. The summed E-state index contributed by atoms with van der Waals surface area (Å²) in [6.45, 7) is 12.5. The average Bonchev–Trinajstić information content (AvgIpc) is 2.71. The van der Waals surface area contributed by atoms with Crippen molar-refractivity contribution < 1.29 is 19.2 Å². The normalized spacial score (nSPS) is 16.6. The molecule has 1 aliphatic rings. The summed E-state index contributed by atoms with van der Waals surface area (Å²) in [7, 11) is 0. The molecule has 1 aliphatic heterocycles. The summed E-state index contributed by atoms with van der Waals surface area (Å²) < 4.78 is 0. The molecule has 7 heteroatoms. The van der Waals surface area contributed by atoms with Gasteiger partial charge in [0.1, 0.15) is 5.92 Å². The molecule has 1 fully saturated rings. The minimum Gasteiger partial charge on any atom is -0.294 e. The van der Waals surface area contributed by atoms with Crippen LogP contribution < -0.4 is 0 Å². The molecule has 0 bridgehead atoms. The van der Waals surface area contributed by atoms with Crippen molar-refractivity contribution in [3.63, 3.8) is 0 Å². The second kappa shape index (κ2) is 9.57. The predicted molar refractivity (Wildman–Crippen MR) is 136 cm³/mol. The minimum absolute atomic E-state index is 0.0724. The van der Waals surface area contributed by atoms with Gasteiger partial charge in [-0.25, -0.2) is 4.79 Å². The number of amides is 4. The van der Waals surface area contributed by atoms with E-state index in [1.165, 1.54) is 0 Å². The Morgan fingerprint density at radius 2 is 1.29 bits per heavy atom. The van der Waals surface area contributed by atoms with Crippen LogP contribution in [-0.4, -0.2) is 44.5 Å². The summed E-state index contributed by atoms with van der Waals surface area (Å²) >= 11 is 6.10. The average molecular weight is 497 g/mol. The van der Waals surface area contributed by atoms with Gasteiger partial charge in [-0.2, -0.15) is 0 Å². The molecule has 0 saturated carbocycles. The van der Waals surface area contributed by atoms with Crippen molar-refractivity contribution in [1.29, 1.82) is 0 Å². The third-order valence-electron chi connectivity index (χ3n) is 6.18. The summed E-state index contributed by atoms with van der Waals surface area (Å²) in [5.41, 5.74) is 0.443. The number of imide groups is 2. The van der Waals surface area contributed by atoms with Crippen LogP contribution in [0.5, 0.6) is 0 Å². The quantitative estimate of drug-likeness (QED) is 0.375. The zero-order valence-electron chi connectivity index (χ0n) is 21.4. The van der Waals surface area contributed by atoms with E-state index < -0.39 is 40.8 Å². The lowest BCUT2D eigenvalue weighted by Gasteiger charge is -2.48. The van der Waals surface area contributed by atoms with Crippen molar-refractivity contribution >= 4 is 35.2 Å². The number of carbonyl (C=O) groups is 4. The molecule has 186 valence electrons. The first-order chi connectivity index (χ1) is 16.1. The van der Waals surface area contributed by atoms with Crippen LogP contribution in [0.25, 0.3) is 0 Å². The summed E-state index contributed by atoms with van der Waals surface area (Å²) in [4.78, 5) is 56.7. The molecule has 3 rings (SSSR count). The number of barbiturate groups is 1. The fraction of sp³-hybridized carbons (Fsp3) is 0.429. The first-order valence-electron chi connectivity index (χ1n) is 11.7. The maximum absolute atomic E-state index is 13.8. The fourth-order valence-electron chi connectivity index (χ4n) is 4.45. The summed E-state index contributed by atoms with van der Waals surface area (Å²) in [6.07, 6.45) is -0.0724. The first kappa shape index (κ1) is 26.6. The Morgan fingerprint density at radius 1 is 0.829 bits per heavy atom. The van der Waals surface area contributed by atoms with Gasteiger partial charge < -0.3 is 0 Å². The van der Waals surface area contributed by atoms with Gasteiger partial charge >= 0.3 is 6.03 Å². The smallest absolute Gasteiger partial charge is 0.294 e. The lowest BCUT2D eigenvalue weighted by Crippen LogP contribution is -2.68. The molecule has 1 heterocycles. The number of urea groups is 1. The number of ketones is 1. The van der Waals surface area contributed by atoms with Crippen molar-refractivity contribution in [2.75, 3.05) is 0 Å². The van der Waals surface area contributed by atoms with E-state index in [-0.39, 0.29) is 12.2 Å². The highest BCUT2D eigenvalue weighted by Crippen LogP contribution is 2.39. The van der Waals surface area contributed by atoms with Crippen molar-refractivity contribution in [2.45, 2.75) is 71.9 Å². The molecule has 35 heavy (non-hydrogen) atoms. The van der Waals surface area contributed by atoms with Crippen molar-refractivity contribution in [1.82, 2.24) is 9.80 Å². The Labute approximate surface area is 212 Å². The van der Waals surface area contributed by atoms with Crippen molar-refractivity contribution in [2.24, 2.45) is 5.92 Å². The van der Waals surface area contributed by atoms with E-state index in [9.17, 15) is 19.2 Å². The van der Waals surface area contributed by atoms with Crippen LogP contribution in [0.2, 0.25) is 5.02 Å². The zero-order chi connectivity index (χ0) is 26.3. The lowest BCUT2D eigenvalue weighted by atomic mass is 9.77. The van der Waals surface area contributed by atoms with Gasteiger partial charge in [-0.05, 0) is 66.2 Å². The Balaban J connectivity index is 2.15. The Kier molecular flexibility index (Phi) is 7.28. The lowest BCUT2D eigenvalue weighted by molar-refractivity contribution is -0.156. The van der Waals surface area contributed by atoms with E-state index in [1.54, 1.807) is 77.9 Å². The van der Waals surface area contributed by atoms with Crippen molar-refractivity contribution in [3.8, 4) is 0 Å². The fourth-order valence-corrected chi connectivity index (χ4v) is 4.57. The maximum Gasteiger partial charge on any atom is 0.334 e. The second-order valence-corrected chi connectivity index (χ2v) is 11.5. The van der Waals surface area contributed by atoms with Crippen LogP contribution in [-0.2, 0) is 9.59 Å². The van der Waals surface area contributed by atoms with Gasteiger partial charge in [0, 0.05) is 34.0 Å². The molecular weight excluding hydrogens is 464 g/mol. The molecule has 1 saturated heterocycles. The van der Waals surface area contributed by atoms with E-state index >= 15 is 0 Å². The molecule has 4 amide bonds. The number of benzene rings is 2. The topological polar surface area (TPSA) is 74.8 Å². The monoisotopic (exact) mass is 496 g/mol. The van der Waals surface area contributed by atoms with Crippen LogP contribution in [0.15, 0.2) is 48.5 Å². The van der Waals surface area contributed by atoms with E-state index in [1.807, 2.05) is 19.1 Å². The van der Waals surface area contributed by atoms with Gasteiger partial charge in [0.2, 0.25) is 11.8 Å². The number of nitrogens with zero attached hydrogens (tertiary/aromatic N) is 2. The van der Waals surface area contributed by atoms with E-state index in [4.69, 9.17) is 11.6 Å². The molecule has 0 spiro atoms. The van der Waals surface area contributed by atoms with Crippen LogP contribution in [0, 0.1) is 12.8 Å². The highest BCUT2D eigenvalue weighted by atomic mass is 35.5. The molecule has 6 nitrogen and oxygen atoms in total. The van der Waals surface area contributed by atoms with Gasteiger partial charge in [-0.1, -0.05) is 53.6 Å². The standard InChI is InChI=1S/C28H33ClN2O4/c1-17-8-10-19(11-9-17)22(32)16-21(18-12-14-20(29)15-13-18)23-24(33)30(27(2,3)4)26(35)31(25(23)34)28(5,6)7/h8-15,21,23H,16H2,1-7H3/t21-/m1/s1. The number of Topliss-reactive ketones (excluding diaryl/α,β-unsaturated/α-hetero) is 1. The Bertz CT molecular complexity index is 1110. The van der Waals surface area contributed by atoms with Gasteiger partial charge in [-0.15, -0.1) is 0 Å². The molecular formula is C28H33ClN2O4. The molecule has 2 aromatic carbocycles. The number of rotatable bonds is 5. The first-order valence-corrected chi connectivity index (χ1v) is 12.1. The summed E-state index contributed by atoms with van der Waals surface area (Å²) in [6, 6.07) is 13.4. The van der Waals surface area contributed by atoms with Crippen molar-refractivity contribution in [3.05, 3.63) is 70.2 Å². The van der Waals surface area contributed by atoms with E-state index in [0.717, 1.165) is 15.4 Å². The molecule has 0 radical (unpaired) electrons. The number of aryl methyl sites for hydroxylation is 1. The molecule has 0 aromatic heterocycles. The maximum atomic E-state index is 13.8.